The Kier molecular flexibility index (Phi) is 4.83. The molecule has 2 rings (SSSR count). The van der Waals surface area contributed by atoms with Crippen molar-refractivity contribution in [3.8, 4) is 5.75 Å². The SMILES string of the molecule is COc1ccccc1NC(=O)CSc1nc(N)cc(N)[nH+]1. The van der Waals surface area contributed by atoms with E-state index in [0.717, 1.165) is 0 Å². The largest absolute Gasteiger partial charge is 0.495 e. The fraction of sp³-hybridized carbons (Fsp3) is 0.154. The highest BCUT2D eigenvalue weighted by Crippen LogP contribution is 2.23. The first kappa shape index (κ1) is 14.9. The van der Waals surface area contributed by atoms with Gasteiger partial charge in [0.25, 0.3) is 5.16 Å². The van der Waals surface area contributed by atoms with Gasteiger partial charge in [-0.2, -0.15) is 0 Å². The Balaban J connectivity index is 1.96. The van der Waals surface area contributed by atoms with Crippen LogP contribution in [-0.2, 0) is 4.79 Å². The Labute approximate surface area is 126 Å². The van der Waals surface area contributed by atoms with Gasteiger partial charge in [-0.05, 0) is 23.9 Å². The molecule has 1 amide bonds. The number of aromatic amines is 1. The number of methoxy groups -OCH3 is 1. The molecule has 21 heavy (non-hydrogen) atoms. The fourth-order valence-electron chi connectivity index (χ4n) is 1.63. The number of nitrogens with one attached hydrogen (secondary N) is 2. The smallest absolute Gasteiger partial charge is 0.299 e. The Bertz CT molecular complexity index is 630. The van der Waals surface area contributed by atoms with E-state index in [4.69, 9.17) is 16.2 Å². The van der Waals surface area contributed by atoms with Gasteiger partial charge in [0.1, 0.15) is 5.75 Å². The van der Waals surface area contributed by atoms with Crippen LogP contribution in [-0.4, -0.2) is 23.8 Å². The van der Waals surface area contributed by atoms with Crippen LogP contribution in [0.5, 0.6) is 5.75 Å². The summed E-state index contributed by atoms with van der Waals surface area (Å²) >= 11 is 1.21. The summed E-state index contributed by atoms with van der Waals surface area (Å²) < 4.78 is 5.17. The third-order valence-electron chi connectivity index (χ3n) is 2.51. The second kappa shape index (κ2) is 6.80. The third-order valence-corrected chi connectivity index (χ3v) is 3.38. The van der Waals surface area contributed by atoms with Gasteiger partial charge in [-0.15, -0.1) is 0 Å². The molecule has 1 aromatic heterocycles. The minimum Gasteiger partial charge on any atom is -0.495 e. The van der Waals surface area contributed by atoms with Crippen molar-refractivity contribution in [2.24, 2.45) is 0 Å². The second-order valence-corrected chi connectivity index (χ2v) is 5.07. The van der Waals surface area contributed by atoms with Crippen LogP contribution >= 0.6 is 11.8 Å². The summed E-state index contributed by atoms with van der Waals surface area (Å²) in [5, 5.41) is 3.26. The molecule has 0 radical (unpaired) electrons. The quantitative estimate of drug-likeness (QED) is 0.555. The number of ether oxygens (including phenoxy) is 1. The summed E-state index contributed by atoms with van der Waals surface area (Å²) in [5.74, 6) is 1.30. The molecule has 0 aliphatic carbocycles. The molecule has 0 unspecified atom stereocenters. The predicted molar refractivity (Wildman–Crippen MR) is 82.0 cm³/mol. The molecular formula is C13H16N5O2S+. The molecular weight excluding hydrogens is 290 g/mol. The van der Waals surface area contributed by atoms with Gasteiger partial charge in [-0.1, -0.05) is 17.1 Å². The highest BCUT2D eigenvalue weighted by Gasteiger charge is 2.12. The first-order valence-corrected chi connectivity index (χ1v) is 7.08. The van der Waals surface area contributed by atoms with Crippen molar-refractivity contribution in [1.82, 2.24) is 4.98 Å². The number of nitrogens with zero attached hydrogens (tertiary/aromatic N) is 1. The van der Waals surface area contributed by atoms with Gasteiger partial charge < -0.3 is 21.5 Å². The highest BCUT2D eigenvalue weighted by molar-refractivity contribution is 7.99. The van der Waals surface area contributed by atoms with Crippen molar-refractivity contribution in [2.45, 2.75) is 5.16 Å². The second-order valence-electron chi connectivity index (χ2n) is 4.10. The van der Waals surface area contributed by atoms with Crippen LogP contribution in [0.1, 0.15) is 0 Å². The highest BCUT2D eigenvalue weighted by atomic mass is 32.2. The number of anilines is 3. The molecule has 6 N–H and O–H groups in total. The molecule has 0 fully saturated rings. The lowest BCUT2D eigenvalue weighted by atomic mass is 10.3. The maximum absolute atomic E-state index is 11.9. The van der Waals surface area contributed by atoms with Crippen LogP contribution in [0.2, 0.25) is 0 Å². The van der Waals surface area contributed by atoms with Gasteiger partial charge in [0, 0.05) is 0 Å². The Morgan fingerprint density at radius 3 is 2.90 bits per heavy atom. The van der Waals surface area contributed by atoms with Gasteiger partial charge >= 0.3 is 0 Å². The summed E-state index contributed by atoms with van der Waals surface area (Å²) in [7, 11) is 1.55. The number of nitrogen functional groups attached to an aromatic ring is 2. The number of carbonyl (C=O) groups excluding carboxylic acids is 1. The average molecular weight is 306 g/mol. The molecule has 0 aliphatic heterocycles. The lowest BCUT2D eigenvalue weighted by Crippen LogP contribution is -2.19. The van der Waals surface area contributed by atoms with Gasteiger partial charge in [-0.3, -0.25) is 4.79 Å². The van der Waals surface area contributed by atoms with Gasteiger partial charge in [0.05, 0.1) is 24.6 Å². The molecule has 0 saturated heterocycles. The standard InChI is InChI=1S/C13H15N5O2S/c1-20-9-5-3-2-4-8(9)16-12(19)7-21-13-17-10(14)6-11(15)18-13/h2-6H,7H2,1H3,(H,16,19)(H4,14,15,17,18)/p+1. The van der Waals surface area contributed by atoms with E-state index in [9.17, 15) is 4.79 Å². The normalized spacial score (nSPS) is 10.1. The Morgan fingerprint density at radius 1 is 1.43 bits per heavy atom. The topological polar surface area (TPSA) is 117 Å². The lowest BCUT2D eigenvalue weighted by Gasteiger charge is -2.08. The van der Waals surface area contributed by atoms with E-state index >= 15 is 0 Å². The molecule has 8 heteroatoms. The molecule has 110 valence electrons. The van der Waals surface area contributed by atoms with Gasteiger partial charge in [0.15, 0.2) is 0 Å². The maximum atomic E-state index is 11.9. The van der Waals surface area contributed by atoms with Crippen LogP contribution in [0.4, 0.5) is 17.3 Å². The number of aromatic nitrogens is 2. The fourth-order valence-corrected chi connectivity index (χ4v) is 2.33. The Hall–Kier alpha value is -2.48. The minimum atomic E-state index is -0.180. The lowest BCUT2D eigenvalue weighted by molar-refractivity contribution is -0.416. The molecule has 1 heterocycles. The van der Waals surface area contributed by atoms with Gasteiger partial charge in [0.2, 0.25) is 17.5 Å². The van der Waals surface area contributed by atoms with Crippen molar-refractivity contribution in [3.63, 3.8) is 0 Å². The number of H-pyrrole nitrogens is 1. The number of nitrogens with two attached hydrogens (primary N) is 2. The molecule has 0 atom stereocenters. The van der Waals surface area contributed by atoms with E-state index < -0.39 is 0 Å². The van der Waals surface area contributed by atoms with E-state index in [1.54, 1.807) is 19.2 Å². The summed E-state index contributed by atoms with van der Waals surface area (Å²) in [5.41, 5.74) is 11.8. The number of para-hydroxylation sites is 2. The molecule has 0 saturated carbocycles. The minimum absolute atomic E-state index is 0.171. The summed E-state index contributed by atoms with van der Waals surface area (Å²) in [6.07, 6.45) is 0. The number of amides is 1. The first-order valence-electron chi connectivity index (χ1n) is 6.09. The molecule has 7 nitrogen and oxygen atoms in total. The predicted octanol–water partition coefficient (Wildman–Crippen LogP) is 0.799. The molecule has 2 aromatic rings. The summed E-state index contributed by atoms with van der Waals surface area (Å²) in [4.78, 5) is 18.8. The number of rotatable bonds is 5. The van der Waals surface area contributed by atoms with Crippen LogP contribution < -0.4 is 26.5 Å². The number of carbonyl (C=O) groups is 1. The van der Waals surface area contributed by atoms with Gasteiger partial charge in [-0.25, -0.2) is 4.98 Å². The van der Waals surface area contributed by atoms with E-state index in [1.165, 1.54) is 17.8 Å². The zero-order valence-electron chi connectivity index (χ0n) is 11.4. The first-order chi connectivity index (χ1) is 10.1. The molecule has 0 aliphatic rings. The zero-order valence-corrected chi connectivity index (χ0v) is 12.2. The van der Waals surface area contributed by atoms with Crippen LogP contribution in [0.25, 0.3) is 0 Å². The number of hydrogen-bond acceptors (Lipinski definition) is 6. The van der Waals surface area contributed by atoms with Crippen molar-refractivity contribution in [3.05, 3.63) is 30.3 Å². The van der Waals surface area contributed by atoms with Crippen LogP contribution in [0.3, 0.4) is 0 Å². The molecule has 1 aromatic carbocycles. The summed E-state index contributed by atoms with van der Waals surface area (Å²) in [6.45, 7) is 0. The third kappa shape index (κ3) is 4.25. The van der Waals surface area contributed by atoms with E-state index in [-0.39, 0.29) is 11.7 Å². The van der Waals surface area contributed by atoms with E-state index in [1.807, 2.05) is 12.1 Å². The number of hydrogen-bond donors (Lipinski definition) is 3. The number of benzene rings is 1. The monoisotopic (exact) mass is 306 g/mol. The molecule has 0 bridgehead atoms. The van der Waals surface area contributed by atoms with Crippen molar-refractivity contribution in [1.29, 1.82) is 0 Å². The summed E-state index contributed by atoms with van der Waals surface area (Å²) in [6, 6.07) is 8.71. The maximum Gasteiger partial charge on any atom is 0.299 e. The molecule has 0 spiro atoms. The zero-order chi connectivity index (χ0) is 15.2. The van der Waals surface area contributed by atoms with Crippen molar-refractivity contribution in [2.75, 3.05) is 29.6 Å². The Morgan fingerprint density at radius 2 is 2.19 bits per heavy atom. The van der Waals surface area contributed by atoms with Crippen molar-refractivity contribution < 1.29 is 14.5 Å². The van der Waals surface area contributed by atoms with Crippen LogP contribution in [0.15, 0.2) is 35.5 Å². The van der Waals surface area contributed by atoms with E-state index in [0.29, 0.717) is 28.2 Å². The van der Waals surface area contributed by atoms with E-state index in [2.05, 4.69) is 15.3 Å². The van der Waals surface area contributed by atoms with Crippen molar-refractivity contribution >= 4 is 35.0 Å². The van der Waals surface area contributed by atoms with Crippen LogP contribution in [0, 0.1) is 0 Å². The number of thioether (sulfide) groups is 1. The average Bonchev–Trinajstić information content (AvgIpc) is 2.45.